The van der Waals surface area contributed by atoms with Gasteiger partial charge in [0.1, 0.15) is 0 Å². The van der Waals surface area contributed by atoms with Gasteiger partial charge in [0.25, 0.3) is 0 Å². The standard InChI is InChI=1S/C10H12N2S.ClH/c1-6-4-7-2-3-8(10(11)13)9(7)12-5-6;/h4-5,8H,2-3H2,1H3,(H2,11,13);1H. The lowest BCUT2D eigenvalue weighted by atomic mass is 10.1. The molecule has 1 atom stereocenters. The summed E-state index contributed by atoms with van der Waals surface area (Å²) in [5, 5.41) is 0. The van der Waals surface area contributed by atoms with E-state index < -0.39 is 0 Å². The first-order chi connectivity index (χ1) is 6.18. The summed E-state index contributed by atoms with van der Waals surface area (Å²) in [6.07, 6.45) is 3.97. The van der Waals surface area contributed by atoms with Crippen molar-refractivity contribution in [2.24, 2.45) is 5.73 Å². The Kier molecular flexibility index (Phi) is 3.45. The molecule has 0 bridgehead atoms. The molecule has 1 aliphatic rings. The van der Waals surface area contributed by atoms with Gasteiger partial charge >= 0.3 is 0 Å². The molecule has 1 unspecified atom stereocenters. The molecule has 76 valence electrons. The molecule has 2 N–H and O–H groups in total. The van der Waals surface area contributed by atoms with Crippen molar-refractivity contribution in [2.75, 3.05) is 0 Å². The van der Waals surface area contributed by atoms with Crippen LogP contribution in [0.4, 0.5) is 0 Å². The summed E-state index contributed by atoms with van der Waals surface area (Å²) in [7, 11) is 0. The molecule has 0 saturated heterocycles. The van der Waals surface area contributed by atoms with Crippen LogP contribution in [0, 0.1) is 6.92 Å². The number of nitrogens with two attached hydrogens (primary N) is 1. The number of hydrogen-bond acceptors (Lipinski definition) is 2. The fraction of sp³-hybridized carbons (Fsp3) is 0.400. The Balaban J connectivity index is 0.000000980. The van der Waals surface area contributed by atoms with Gasteiger partial charge in [-0.1, -0.05) is 18.3 Å². The Labute approximate surface area is 95.3 Å². The summed E-state index contributed by atoms with van der Waals surface area (Å²) in [5.74, 6) is 0.214. The fourth-order valence-electron chi connectivity index (χ4n) is 1.87. The molecule has 0 amide bonds. The van der Waals surface area contributed by atoms with E-state index in [2.05, 4.69) is 18.0 Å². The number of rotatable bonds is 1. The number of thiocarbonyl (C=S) groups is 1. The second-order valence-electron chi connectivity index (χ2n) is 3.55. The predicted octanol–water partition coefficient (Wildman–Crippen LogP) is 2.13. The third-order valence-corrected chi connectivity index (χ3v) is 2.80. The number of hydrogen-bond donors (Lipinski definition) is 1. The van der Waals surface area contributed by atoms with E-state index in [0.29, 0.717) is 4.99 Å². The molecule has 1 aromatic rings. The van der Waals surface area contributed by atoms with Gasteiger partial charge < -0.3 is 5.73 Å². The minimum absolute atomic E-state index is 0. The average Bonchev–Trinajstić information content (AvgIpc) is 2.46. The van der Waals surface area contributed by atoms with Gasteiger partial charge in [-0.2, -0.15) is 0 Å². The topological polar surface area (TPSA) is 38.9 Å². The predicted molar refractivity (Wildman–Crippen MR) is 64.1 cm³/mol. The lowest BCUT2D eigenvalue weighted by Crippen LogP contribution is -2.17. The van der Waals surface area contributed by atoms with Crippen molar-refractivity contribution >= 4 is 29.6 Å². The Morgan fingerprint density at radius 3 is 3.00 bits per heavy atom. The molecular weight excluding hydrogens is 216 g/mol. The third-order valence-electron chi connectivity index (χ3n) is 2.51. The minimum atomic E-state index is 0. The van der Waals surface area contributed by atoms with Gasteiger partial charge in [0.05, 0.1) is 16.6 Å². The van der Waals surface area contributed by atoms with Crippen molar-refractivity contribution in [3.05, 3.63) is 29.1 Å². The van der Waals surface area contributed by atoms with Crippen LogP contribution >= 0.6 is 24.6 Å². The van der Waals surface area contributed by atoms with E-state index in [4.69, 9.17) is 18.0 Å². The van der Waals surface area contributed by atoms with Crippen LogP contribution in [0.2, 0.25) is 0 Å². The van der Waals surface area contributed by atoms with Gasteiger partial charge in [-0.15, -0.1) is 12.4 Å². The van der Waals surface area contributed by atoms with Crippen LogP contribution in [-0.2, 0) is 6.42 Å². The Morgan fingerprint density at radius 1 is 1.64 bits per heavy atom. The van der Waals surface area contributed by atoms with Crippen molar-refractivity contribution in [2.45, 2.75) is 25.7 Å². The highest BCUT2D eigenvalue weighted by Gasteiger charge is 2.25. The lowest BCUT2D eigenvalue weighted by Gasteiger charge is -2.07. The molecule has 2 rings (SSSR count). The fourth-order valence-corrected chi connectivity index (χ4v) is 2.10. The molecule has 1 aromatic heterocycles. The second-order valence-corrected chi connectivity index (χ2v) is 4.02. The number of fused-ring (bicyclic) bond motifs is 1. The summed E-state index contributed by atoms with van der Waals surface area (Å²) < 4.78 is 0. The number of nitrogens with zero attached hydrogens (tertiary/aromatic N) is 1. The summed E-state index contributed by atoms with van der Waals surface area (Å²) in [6.45, 7) is 2.06. The van der Waals surface area contributed by atoms with E-state index in [0.717, 1.165) is 18.5 Å². The molecule has 0 radical (unpaired) electrons. The number of halogens is 1. The lowest BCUT2D eigenvalue weighted by molar-refractivity contribution is 0.836. The van der Waals surface area contributed by atoms with Crippen molar-refractivity contribution < 1.29 is 0 Å². The molecular formula is C10H13ClN2S. The van der Waals surface area contributed by atoms with Crippen LogP contribution in [-0.4, -0.2) is 9.97 Å². The van der Waals surface area contributed by atoms with Gasteiger partial charge in [-0.3, -0.25) is 4.98 Å². The van der Waals surface area contributed by atoms with Crippen LogP contribution < -0.4 is 5.73 Å². The maximum absolute atomic E-state index is 5.64. The molecule has 0 fully saturated rings. The van der Waals surface area contributed by atoms with E-state index in [1.54, 1.807) is 0 Å². The number of aromatic nitrogens is 1. The first-order valence-corrected chi connectivity index (χ1v) is 4.84. The monoisotopic (exact) mass is 228 g/mol. The number of aryl methyl sites for hydroxylation is 2. The molecule has 0 spiro atoms. The molecule has 4 heteroatoms. The van der Waals surface area contributed by atoms with Crippen LogP contribution in [0.5, 0.6) is 0 Å². The Hall–Kier alpha value is -0.670. The largest absolute Gasteiger partial charge is 0.393 e. The molecule has 14 heavy (non-hydrogen) atoms. The maximum Gasteiger partial charge on any atom is 0.0819 e. The minimum Gasteiger partial charge on any atom is -0.393 e. The highest BCUT2D eigenvalue weighted by molar-refractivity contribution is 7.80. The van der Waals surface area contributed by atoms with Crippen LogP contribution in [0.1, 0.15) is 29.2 Å². The summed E-state index contributed by atoms with van der Waals surface area (Å²) in [5.41, 5.74) is 9.27. The van der Waals surface area contributed by atoms with Gasteiger partial charge in [0.15, 0.2) is 0 Å². The van der Waals surface area contributed by atoms with E-state index >= 15 is 0 Å². The maximum atomic E-state index is 5.64. The Morgan fingerprint density at radius 2 is 2.36 bits per heavy atom. The van der Waals surface area contributed by atoms with Crippen LogP contribution in [0.25, 0.3) is 0 Å². The zero-order chi connectivity index (χ0) is 9.42. The van der Waals surface area contributed by atoms with E-state index in [1.807, 2.05) is 6.20 Å². The SMILES string of the molecule is Cc1cnc2c(c1)CCC2C(N)=S.Cl. The first kappa shape index (κ1) is 11.4. The Bertz CT molecular complexity index is 365. The van der Waals surface area contributed by atoms with Crippen LogP contribution in [0.15, 0.2) is 12.3 Å². The van der Waals surface area contributed by atoms with Crippen molar-refractivity contribution in [1.29, 1.82) is 0 Å². The van der Waals surface area contributed by atoms with Crippen molar-refractivity contribution in [1.82, 2.24) is 4.98 Å². The zero-order valence-corrected chi connectivity index (χ0v) is 9.62. The van der Waals surface area contributed by atoms with E-state index in [-0.39, 0.29) is 18.3 Å². The molecule has 0 aliphatic heterocycles. The smallest absolute Gasteiger partial charge is 0.0819 e. The van der Waals surface area contributed by atoms with E-state index in [9.17, 15) is 0 Å². The summed E-state index contributed by atoms with van der Waals surface area (Å²) in [4.78, 5) is 4.97. The highest BCUT2D eigenvalue weighted by atomic mass is 35.5. The normalized spacial score (nSPS) is 18.5. The van der Waals surface area contributed by atoms with Gasteiger partial charge in [-0.05, 0) is 30.9 Å². The summed E-state index contributed by atoms with van der Waals surface area (Å²) >= 11 is 5.00. The van der Waals surface area contributed by atoms with Gasteiger partial charge in [0.2, 0.25) is 0 Å². The molecule has 2 nitrogen and oxygen atoms in total. The highest BCUT2D eigenvalue weighted by Crippen LogP contribution is 2.31. The van der Waals surface area contributed by atoms with Crippen molar-refractivity contribution in [3.63, 3.8) is 0 Å². The molecule has 0 aromatic carbocycles. The van der Waals surface area contributed by atoms with Gasteiger partial charge in [-0.25, -0.2) is 0 Å². The average molecular weight is 229 g/mol. The molecule has 0 saturated carbocycles. The zero-order valence-electron chi connectivity index (χ0n) is 7.99. The summed E-state index contributed by atoms with van der Waals surface area (Å²) in [6, 6.07) is 2.18. The number of pyridine rings is 1. The van der Waals surface area contributed by atoms with Gasteiger partial charge in [0, 0.05) is 6.20 Å². The molecule has 1 aliphatic carbocycles. The first-order valence-electron chi connectivity index (χ1n) is 4.43. The van der Waals surface area contributed by atoms with Crippen LogP contribution in [0.3, 0.4) is 0 Å². The quantitative estimate of drug-likeness (QED) is 0.749. The third kappa shape index (κ3) is 1.88. The van der Waals surface area contributed by atoms with E-state index in [1.165, 1.54) is 11.1 Å². The van der Waals surface area contributed by atoms with Crippen molar-refractivity contribution in [3.8, 4) is 0 Å². The molecule has 1 heterocycles. The second kappa shape index (κ2) is 4.24.